The summed E-state index contributed by atoms with van der Waals surface area (Å²) in [5, 5.41) is 9.01. The van der Waals surface area contributed by atoms with E-state index in [1.165, 1.54) is 0 Å². The van der Waals surface area contributed by atoms with Crippen molar-refractivity contribution in [2.24, 2.45) is 0 Å². The largest absolute Gasteiger partial charge is 0.446 e. The van der Waals surface area contributed by atoms with Crippen LogP contribution in [-0.4, -0.2) is 17.5 Å². The number of benzene rings is 1. The van der Waals surface area contributed by atoms with Crippen LogP contribution in [0.15, 0.2) is 22.7 Å². The monoisotopic (exact) mass is 244 g/mol. The summed E-state index contributed by atoms with van der Waals surface area (Å²) in [4.78, 5) is 0. The van der Waals surface area contributed by atoms with Crippen molar-refractivity contribution >= 4 is 15.9 Å². The van der Waals surface area contributed by atoms with Crippen LogP contribution in [0.3, 0.4) is 0 Å². The average Bonchev–Trinajstić information content (AvgIpc) is 2.42. The molecule has 1 heterocycles. The summed E-state index contributed by atoms with van der Waals surface area (Å²) in [7, 11) is 0. The fourth-order valence-corrected chi connectivity index (χ4v) is 1.54. The number of fused-ring (bicyclic) bond motifs is 1. The summed E-state index contributed by atoms with van der Waals surface area (Å²) in [6.45, 7) is 1.53. The van der Waals surface area contributed by atoms with Gasteiger partial charge in [-0.25, -0.2) is 0 Å². The van der Waals surface area contributed by atoms with Crippen LogP contribution >= 0.6 is 15.9 Å². The smallest absolute Gasteiger partial charge is 0.271 e. The first-order valence-electron chi connectivity index (χ1n) is 3.91. The zero-order valence-corrected chi connectivity index (χ0v) is 8.67. The number of hydrogen-bond acceptors (Lipinski definition) is 3. The summed E-state index contributed by atoms with van der Waals surface area (Å²) in [5.74, 6) is 0.397. The molecule has 0 saturated carbocycles. The van der Waals surface area contributed by atoms with E-state index < -0.39 is 5.79 Å². The Kier molecular flexibility index (Phi) is 1.96. The highest BCUT2D eigenvalue weighted by Crippen LogP contribution is 2.40. The van der Waals surface area contributed by atoms with Gasteiger partial charge in [0.2, 0.25) is 0 Å². The second-order valence-electron chi connectivity index (χ2n) is 3.09. The molecule has 1 unspecified atom stereocenters. The fraction of sp³-hybridized carbons (Fsp3) is 0.333. The maximum atomic E-state index is 9.01. The molecule has 13 heavy (non-hydrogen) atoms. The van der Waals surface area contributed by atoms with E-state index >= 15 is 0 Å². The van der Waals surface area contributed by atoms with Gasteiger partial charge in [0.15, 0.2) is 11.5 Å². The average molecular weight is 245 g/mol. The van der Waals surface area contributed by atoms with Gasteiger partial charge in [-0.3, -0.25) is 0 Å². The van der Waals surface area contributed by atoms with E-state index in [0.717, 1.165) is 4.47 Å². The minimum atomic E-state index is -0.927. The molecule has 1 N–H and O–H groups in total. The second kappa shape index (κ2) is 2.89. The summed E-state index contributed by atoms with van der Waals surface area (Å²) in [6, 6.07) is 5.49. The van der Waals surface area contributed by atoms with Gasteiger partial charge in [-0.2, -0.15) is 0 Å². The van der Waals surface area contributed by atoms with Crippen molar-refractivity contribution in [3.8, 4) is 11.5 Å². The SMILES string of the molecule is CC1(CO)Oc2ccc(Br)cc2O1. The molecule has 0 radical (unpaired) electrons. The fourth-order valence-electron chi connectivity index (χ4n) is 1.20. The maximum Gasteiger partial charge on any atom is 0.271 e. The standard InChI is InChI=1S/C9H9BrO3/c1-9(5-11)12-7-3-2-6(10)4-8(7)13-9/h2-4,11H,5H2,1H3. The molecular formula is C9H9BrO3. The van der Waals surface area contributed by atoms with Gasteiger partial charge in [0, 0.05) is 11.4 Å². The number of ether oxygens (including phenoxy) is 2. The van der Waals surface area contributed by atoms with Crippen molar-refractivity contribution < 1.29 is 14.6 Å². The van der Waals surface area contributed by atoms with E-state index in [1.54, 1.807) is 13.0 Å². The first-order chi connectivity index (χ1) is 6.13. The number of rotatable bonds is 1. The molecule has 1 aliphatic rings. The Morgan fingerprint density at radius 1 is 1.38 bits per heavy atom. The van der Waals surface area contributed by atoms with Crippen molar-refractivity contribution in [1.29, 1.82) is 0 Å². The highest BCUT2D eigenvalue weighted by molar-refractivity contribution is 9.10. The Morgan fingerprint density at radius 3 is 2.77 bits per heavy atom. The van der Waals surface area contributed by atoms with E-state index in [2.05, 4.69) is 15.9 Å². The van der Waals surface area contributed by atoms with Gasteiger partial charge >= 0.3 is 0 Å². The lowest BCUT2D eigenvalue weighted by Crippen LogP contribution is -2.38. The predicted octanol–water partition coefficient (Wildman–Crippen LogP) is 1.93. The van der Waals surface area contributed by atoms with Gasteiger partial charge in [-0.15, -0.1) is 0 Å². The Balaban J connectivity index is 2.35. The lowest BCUT2D eigenvalue weighted by Gasteiger charge is -2.19. The Hall–Kier alpha value is -0.740. The van der Waals surface area contributed by atoms with E-state index in [1.807, 2.05) is 12.1 Å². The van der Waals surface area contributed by atoms with Crippen LogP contribution in [0.4, 0.5) is 0 Å². The van der Waals surface area contributed by atoms with Gasteiger partial charge < -0.3 is 14.6 Å². The lowest BCUT2D eigenvalue weighted by molar-refractivity contribution is -0.0987. The predicted molar refractivity (Wildman–Crippen MR) is 50.9 cm³/mol. The van der Waals surface area contributed by atoms with E-state index in [4.69, 9.17) is 14.6 Å². The van der Waals surface area contributed by atoms with Crippen LogP contribution in [-0.2, 0) is 0 Å². The number of aliphatic hydroxyl groups excluding tert-OH is 1. The normalized spacial score (nSPS) is 24.8. The number of hydrogen-bond donors (Lipinski definition) is 1. The molecule has 1 aromatic carbocycles. The van der Waals surface area contributed by atoms with Crippen molar-refractivity contribution in [2.45, 2.75) is 12.7 Å². The molecule has 0 spiro atoms. The Labute approximate surface area is 84.4 Å². The minimum Gasteiger partial charge on any atom is -0.446 e. The quantitative estimate of drug-likeness (QED) is 0.821. The minimum absolute atomic E-state index is 0.167. The lowest BCUT2D eigenvalue weighted by atomic mass is 10.3. The summed E-state index contributed by atoms with van der Waals surface area (Å²) >= 11 is 3.33. The third kappa shape index (κ3) is 1.51. The van der Waals surface area contributed by atoms with Crippen LogP contribution in [0.2, 0.25) is 0 Å². The molecule has 70 valence electrons. The molecule has 2 rings (SSSR count). The molecule has 0 amide bonds. The van der Waals surface area contributed by atoms with Gasteiger partial charge in [0.05, 0.1) is 0 Å². The zero-order valence-electron chi connectivity index (χ0n) is 7.08. The van der Waals surface area contributed by atoms with Gasteiger partial charge in [-0.1, -0.05) is 15.9 Å². The van der Waals surface area contributed by atoms with Crippen LogP contribution in [0, 0.1) is 0 Å². The van der Waals surface area contributed by atoms with Crippen LogP contribution in [0.25, 0.3) is 0 Å². The van der Waals surface area contributed by atoms with Crippen LogP contribution in [0.5, 0.6) is 11.5 Å². The molecule has 0 aliphatic carbocycles. The third-order valence-electron chi connectivity index (χ3n) is 1.84. The molecule has 4 heteroatoms. The Bertz CT molecular complexity index is 340. The number of halogens is 1. The summed E-state index contributed by atoms with van der Waals surface area (Å²) in [5.41, 5.74) is 0. The first-order valence-corrected chi connectivity index (χ1v) is 4.71. The van der Waals surface area contributed by atoms with E-state index in [0.29, 0.717) is 11.5 Å². The van der Waals surface area contributed by atoms with Crippen LogP contribution < -0.4 is 9.47 Å². The molecule has 1 atom stereocenters. The zero-order chi connectivity index (χ0) is 9.47. The first kappa shape index (κ1) is 8.84. The van der Waals surface area contributed by atoms with Crippen molar-refractivity contribution in [3.63, 3.8) is 0 Å². The Morgan fingerprint density at radius 2 is 2.08 bits per heavy atom. The second-order valence-corrected chi connectivity index (χ2v) is 4.00. The molecule has 0 aromatic heterocycles. The van der Waals surface area contributed by atoms with E-state index in [9.17, 15) is 0 Å². The van der Waals surface area contributed by atoms with Gasteiger partial charge in [0.25, 0.3) is 5.79 Å². The molecule has 0 bridgehead atoms. The summed E-state index contributed by atoms with van der Waals surface area (Å²) < 4.78 is 11.8. The molecule has 1 aliphatic heterocycles. The number of aliphatic hydroxyl groups is 1. The molecule has 3 nitrogen and oxygen atoms in total. The third-order valence-corrected chi connectivity index (χ3v) is 2.34. The van der Waals surface area contributed by atoms with Crippen molar-refractivity contribution in [2.75, 3.05) is 6.61 Å². The molecule has 1 aromatic rings. The maximum absolute atomic E-state index is 9.01. The van der Waals surface area contributed by atoms with Gasteiger partial charge in [0.1, 0.15) is 6.61 Å². The highest BCUT2D eigenvalue weighted by Gasteiger charge is 2.35. The van der Waals surface area contributed by atoms with Gasteiger partial charge in [-0.05, 0) is 18.2 Å². The van der Waals surface area contributed by atoms with Crippen molar-refractivity contribution in [3.05, 3.63) is 22.7 Å². The topological polar surface area (TPSA) is 38.7 Å². The molecular weight excluding hydrogens is 236 g/mol. The highest BCUT2D eigenvalue weighted by atomic mass is 79.9. The van der Waals surface area contributed by atoms with Crippen LogP contribution in [0.1, 0.15) is 6.92 Å². The molecule has 0 fully saturated rings. The van der Waals surface area contributed by atoms with Crippen molar-refractivity contribution in [1.82, 2.24) is 0 Å². The van der Waals surface area contributed by atoms with E-state index in [-0.39, 0.29) is 6.61 Å². The summed E-state index contributed by atoms with van der Waals surface area (Å²) in [6.07, 6.45) is 0. The molecule has 0 saturated heterocycles.